The Kier molecular flexibility index (Phi) is 6.75. The standard InChI is InChI=1S/C15H21IN2O.ClH/c1-11-3-4-12(9-13(11)16)14(19)18-10-15(2)5-7-17-8-6-15;/h3-4,9,17H,5-8,10H2,1-2H3,(H,18,19);1H. The maximum atomic E-state index is 12.2. The molecule has 0 atom stereocenters. The van der Waals surface area contributed by atoms with Crippen LogP contribution in [-0.2, 0) is 0 Å². The van der Waals surface area contributed by atoms with Crippen LogP contribution in [0.25, 0.3) is 0 Å². The summed E-state index contributed by atoms with van der Waals surface area (Å²) < 4.78 is 1.14. The van der Waals surface area contributed by atoms with Crippen molar-refractivity contribution in [3.05, 3.63) is 32.9 Å². The average Bonchev–Trinajstić information content (AvgIpc) is 2.40. The Balaban J connectivity index is 0.00000200. The van der Waals surface area contributed by atoms with Crippen molar-refractivity contribution in [1.29, 1.82) is 0 Å². The fourth-order valence-electron chi connectivity index (χ4n) is 2.34. The number of benzene rings is 1. The van der Waals surface area contributed by atoms with Gasteiger partial charge in [-0.05, 0) is 78.6 Å². The minimum absolute atomic E-state index is 0. The molecule has 2 rings (SSSR count). The van der Waals surface area contributed by atoms with Crippen LogP contribution < -0.4 is 10.6 Å². The third-order valence-electron chi connectivity index (χ3n) is 3.92. The number of aryl methyl sites for hydroxylation is 1. The molecule has 112 valence electrons. The number of halogens is 2. The van der Waals surface area contributed by atoms with Crippen molar-refractivity contribution >= 4 is 40.9 Å². The molecule has 1 saturated heterocycles. The summed E-state index contributed by atoms with van der Waals surface area (Å²) in [7, 11) is 0. The van der Waals surface area contributed by atoms with E-state index in [1.54, 1.807) is 0 Å². The van der Waals surface area contributed by atoms with E-state index in [0.717, 1.165) is 41.6 Å². The Morgan fingerprint density at radius 3 is 2.65 bits per heavy atom. The number of piperidine rings is 1. The van der Waals surface area contributed by atoms with Gasteiger partial charge in [-0.1, -0.05) is 13.0 Å². The molecule has 0 saturated carbocycles. The molecule has 1 aliphatic heterocycles. The number of nitrogens with one attached hydrogen (secondary N) is 2. The molecule has 0 unspecified atom stereocenters. The highest BCUT2D eigenvalue weighted by Crippen LogP contribution is 2.26. The molecule has 1 aromatic carbocycles. The third kappa shape index (κ3) is 4.60. The Bertz CT molecular complexity index is 473. The van der Waals surface area contributed by atoms with Crippen LogP contribution in [0.5, 0.6) is 0 Å². The SMILES string of the molecule is Cc1ccc(C(=O)NCC2(C)CCNCC2)cc1I.Cl. The monoisotopic (exact) mass is 408 g/mol. The lowest BCUT2D eigenvalue weighted by Gasteiger charge is -2.34. The van der Waals surface area contributed by atoms with E-state index in [4.69, 9.17) is 0 Å². The van der Waals surface area contributed by atoms with Crippen LogP contribution in [0, 0.1) is 15.9 Å². The number of amides is 1. The van der Waals surface area contributed by atoms with Gasteiger partial charge in [-0.2, -0.15) is 0 Å². The second-order valence-electron chi connectivity index (χ2n) is 5.71. The van der Waals surface area contributed by atoms with Crippen LogP contribution in [0.2, 0.25) is 0 Å². The van der Waals surface area contributed by atoms with E-state index in [0.29, 0.717) is 0 Å². The highest BCUT2D eigenvalue weighted by Gasteiger charge is 2.27. The van der Waals surface area contributed by atoms with Gasteiger partial charge >= 0.3 is 0 Å². The normalized spacial score (nSPS) is 17.1. The van der Waals surface area contributed by atoms with Gasteiger partial charge in [0.2, 0.25) is 0 Å². The van der Waals surface area contributed by atoms with Crippen LogP contribution in [0.15, 0.2) is 18.2 Å². The van der Waals surface area contributed by atoms with Crippen molar-refractivity contribution in [3.63, 3.8) is 0 Å². The summed E-state index contributed by atoms with van der Waals surface area (Å²) in [6.45, 7) is 7.17. The third-order valence-corrected chi connectivity index (χ3v) is 5.08. The zero-order valence-electron chi connectivity index (χ0n) is 12.0. The second-order valence-corrected chi connectivity index (χ2v) is 6.87. The second kappa shape index (κ2) is 7.61. The van der Waals surface area contributed by atoms with Gasteiger partial charge in [0.05, 0.1) is 0 Å². The number of hydrogen-bond donors (Lipinski definition) is 2. The van der Waals surface area contributed by atoms with Crippen molar-refractivity contribution in [2.45, 2.75) is 26.7 Å². The number of rotatable bonds is 3. The molecule has 1 amide bonds. The van der Waals surface area contributed by atoms with E-state index in [9.17, 15) is 4.79 Å². The van der Waals surface area contributed by atoms with E-state index in [2.05, 4.69) is 47.1 Å². The Hall–Kier alpha value is -0.330. The lowest BCUT2D eigenvalue weighted by molar-refractivity contribution is 0.0922. The van der Waals surface area contributed by atoms with E-state index >= 15 is 0 Å². The molecule has 3 nitrogen and oxygen atoms in total. The van der Waals surface area contributed by atoms with Crippen LogP contribution in [0.3, 0.4) is 0 Å². The molecule has 1 aromatic rings. The number of hydrogen-bond acceptors (Lipinski definition) is 2. The Morgan fingerprint density at radius 2 is 2.05 bits per heavy atom. The molecule has 0 aliphatic carbocycles. The Morgan fingerprint density at radius 1 is 1.40 bits per heavy atom. The molecule has 0 radical (unpaired) electrons. The summed E-state index contributed by atoms with van der Waals surface area (Å²) in [5, 5.41) is 6.45. The van der Waals surface area contributed by atoms with Crippen LogP contribution in [0.4, 0.5) is 0 Å². The molecule has 0 spiro atoms. The summed E-state index contributed by atoms with van der Waals surface area (Å²) >= 11 is 2.27. The summed E-state index contributed by atoms with van der Waals surface area (Å²) in [6.07, 6.45) is 2.25. The van der Waals surface area contributed by atoms with Gasteiger partial charge in [-0.15, -0.1) is 12.4 Å². The highest BCUT2D eigenvalue weighted by atomic mass is 127. The first-order valence-corrected chi connectivity index (χ1v) is 7.83. The zero-order chi connectivity index (χ0) is 13.9. The molecule has 1 fully saturated rings. The molecule has 0 aromatic heterocycles. The lowest BCUT2D eigenvalue weighted by Crippen LogP contribution is -2.42. The van der Waals surface area contributed by atoms with Gasteiger partial charge in [-0.3, -0.25) is 4.79 Å². The summed E-state index contributed by atoms with van der Waals surface area (Å²) in [5.74, 6) is 0.0395. The van der Waals surface area contributed by atoms with Crippen LogP contribution in [-0.4, -0.2) is 25.5 Å². The maximum absolute atomic E-state index is 12.2. The highest BCUT2D eigenvalue weighted by molar-refractivity contribution is 14.1. The van der Waals surface area contributed by atoms with Crippen molar-refractivity contribution in [3.8, 4) is 0 Å². The molecule has 1 aliphatic rings. The maximum Gasteiger partial charge on any atom is 0.251 e. The molecular formula is C15H22ClIN2O. The summed E-state index contributed by atoms with van der Waals surface area (Å²) in [4.78, 5) is 12.2. The van der Waals surface area contributed by atoms with Crippen molar-refractivity contribution in [2.24, 2.45) is 5.41 Å². The fraction of sp³-hybridized carbons (Fsp3) is 0.533. The topological polar surface area (TPSA) is 41.1 Å². The van der Waals surface area contributed by atoms with Crippen LogP contribution >= 0.6 is 35.0 Å². The average molecular weight is 409 g/mol. The number of carbonyl (C=O) groups is 1. The van der Waals surface area contributed by atoms with Gasteiger partial charge in [-0.25, -0.2) is 0 Å². The van der Waals surface area contributed by atoms with Gasteiger partial charge in [0.1, 0.15) is 0 Å². The van der Waals surface area contributed by atoms with E-state index in [1.165, 1.54) is 5.56 Å². The first-order chi connectivity index (χ1) is 9.00. The molecule has 5 heteroatoms. The summed E-state index contributed by atoms with van der Waals surface area (Å²) in [6, 6.07) is 5.86. The molecular weight excluding hydrogens is 387 g/mol. The first kappa shape index (κ1) is 17.7. The quantitative estimate of drug-likeness (QED) is 0.755. The minimum atomic E-state index is 0. The molecule has 20 heavy (non-hydrogen) atoms. The van der Waals surface area contributed by atoms with Gasteiger partial charge in [0.15, 0.2) is 0 Å². The van der Waals surface area contributed by atoms with E-state index < -0.39 is 0 Å². The van der Waals surface area contributed by atoms with Gasteiger partial charge in [0.25, 0.3) is 5.91 Å². The minimum Gasteiger partial charge on any atom is -0.351 e. The smallest absolute Gasteiger partial charge is 0.251 e. The first-order valence-electron chi connectivity index (χ1n) is 6.75. The van der Waals surface area contributed by atoms with Gasteiger partial charge < -0.3 is 10.6 Å². The van der Waals surface area contributed by atoms with Gasteiger partial charge in [0, 0.05) is 15.7 Å². The molecule has 1 heterocycles. The largest absolute Gasteiger partial charge is 0.351 e. The zero-order valence-corrected chi connectivity index (χ0v) is 14.9. The number of carbonyl (C=O) groups excluding carboxylic acids is 1. The van der Waals surface area contributed by atoms with Crippen molar-refractivity contribution < 1.29 is 4.79 Å². The fourth-order valence-corrected chi connectivity index (χ4v) is 2.85. The van der Waals surface area contributed by atoms with E-state index in [-0.39, 0.29) is 23.7 Å². The van der Waals surface area contributed by atoms with Crippen molar-refractivity contribution in [1.82, 2.24) is 10.6 Å². The van der Waals surface area contributed by atoms with E-state index in [1.807, 2.05) is 18.2 Å². The van der Waals surface area contributed by atoms with Crippen LogP contribution in [0.1, 0.15) is 35.7 Å². The predicted octanol–water partition coefficient (Wildman–Crippen LogP) is 3.14. The summed E-state index contributed by atoms with van der Waals surface area (Å²) in [5.41, 5.74) is 2.20. The molecule has 2 N–H and O–H groups in total. The Labute approximate surface area is 140 Å². The predicted molar refractivity (Wildman–Crippen MR) is 93.7 cm³/mol. The van der Waals surface area contributed by atoms with Crippen molar-refractivity contribution in [2.75, 3.05) is 19.6 Å². The molecule has 0 bridgehead atoms. The lowest BCUT2D eigenvalue weighted by atomic mass is 9.81.